The van der Waals surface area contributed by atoms with Gasteiger partial charge in [-0.3, -0.25) is 0 Å². The Hall–Kier alpha value is 0.103. The molecular formula is C8H11Ru. The average Bonchev–Trinajstić information content (AvgIpc) is 2.15. The Kier molecular flexibility index (Phi) is 2.24. The fourth-order valence-corrected chi connectivity index (χ4v) is 1.55. The van der Waals surface area contributed by atoms with E-state index in [2.05, 4.69) is 38.2 Å². The fraction of sp³-hybridized carbons (Fsp3) is 0.500. The van der Waals surface area contributed by atoms with Gasteiger partial charge in [-0.05, 0) is 0 Å². The molecule has 0 saturated heterocycles. The van der Waals surface area contributed by atoms with Crippen LogP contribution in [-0.4, -0.2) is 0 Å². The quantitative estimate of drug-likeness (QED) is 0.581. The van der Waals surface area contributed by atoms with Crippen molar-refractivity contribution in [1.29, 1.82) is 0 Å². The van der Waals surface area contributed by atoms with Gasteiger partial charge in [-0.25, -0.2) is 0 Å². The molecule has 0 aliphatic heterocycles. The van der Waals surface area contributed by atoms with Gasteiger partial charge < -0.3 is 0 Å². The van der Waals surface area contributed by atoms with E-state index in [9.17, 15) is 0 Å². The van der Waals surface area contributed by atoms with E-state index in [1.807, 2.05) is 0 Å². The summed E-state index contributed by atoms with van der Waals surface area (Å²) in [5, 5.41) is 0. The van der Waals surface area contributed by atoms with E-state index in [-0.39, 0.29) is 0 Å². The molecule has 51 valence electrons. The van der Waals surface area contributed by atoms with Crippen molar-refractivity contribution in [3.05, 3.63) is 21.4 Å². The van der Waals surface area contributed by atoms with E-state index in [0.29, 0.717) is 0 Å². The van der Waals surface area contributed by atoms with Crippen LogP contribution in [0.2, 0.25) is 0 Å². The summed E-state index contributed by atoms with van der Waals surface area (Å²) in [6, 6.07) is 0. The number of hydrogen-bond donors (Lipinski definition) is 0. The van der Waals surface area contributed by atoms with Gasteiger partial charge in [-0.15, -0.1) is 0 Å². The summed E-state index contributed by atoms with van der Waals surface area (Å²) in [6.07, 6.45) is 4.67. The third-order valence-electron chi connectivity index (χ3n) is 1.78. The van der Waals surface area contributed by atoms with Gasteiger partial charge in [0.1, 0.15) is 0 Å². The van der Waals surface area contributed by atoms with E-state index >= 15 is 0 Å². The molecule has 0 N–H and O–H groups in total. The summed E-state index contributed by atoms with van der Waals surface area (Å²) in [6.45, 7) is 4.41. The molecule has 1 heteroatoms. The zero-order valence-corrected chi connectivity index (χ0v) is 7.58. The first-order chi connectivity index (χ1) is 4.25. The monoisotopic (exact) mass is 209 g/mol. The Bertz CT molecular complexity index is 175. The van der Waals surface area contributed by atoms with Gasteiger partial charge in [-0.2, -0.15) is 0 Å². The molecule has 0 unspecified atom stereocenters. The van der Waals surface area contributed by atoms with Crippen LogP contribution in [0.4, 0.5) is 0 Å². The first kappa shape index (κ1) is 7.21. The molecule has 0 radical (unpaired) electrons. The predicted molar refractivity (Wildman–Crippen MR) is 35.7 cm³/mol. The van der Waals surface area contributed by atoms with Crippen LogP contribution in [0.3, 0.4) is 0 Å². The van der Waals surface area contributed by atoms with Crippen LogP contribution in [0.5, 0.6) is 0 Å². The summed E-state index contributed by atoms with van der Waals surface area (Å²) in [4.78, 5) is 0. The maximum absolute atomic E-state index is 2.70. The molecule has 0 aromatic heterocycles. The van der Waals surface area contributed by atoms with Crippen LogP contribution in [-0.2, 0) is 18.3 Å². The minimum atomic E-state index is 1.16. The molecule has 0 heterocycles. The molecule has 0 fully saturated rings. The summed E-state index contributed by atoms with van der Waals surface area (Å²) in [5.41, 5.74) is 3.03. The van der Waals surface area contributed by atoms with E-state index in [1.165, 1.54) is 21.7 Å². The average molecular weight is 208 g/mol. The molecular weight excluding hydrogens is 197 g/mol. The number of allylic oxidation sites excluding steroid dienone is 4. The van der Waals surface area contributed by atoms with Crippen LogP contribution in [0.25, 0.3) is 0 Å². The third-order valence-corrected chi connectivity index (χ3v) is 2.79. The molecule has 0 spiro atoms. The van der Waals surface area contributed by atoms with Crippen molar-refractivity contribution in [3.63, 3.8) is 0 Å². The molecule has 0 aromatic carbocycles. The number of hydrogen-bond acceptors (Lipinski definition) is 0. The van der Waals surface area contributed by atoms with Gasteiger partial charge in [0.05, 0.1) is 0 Å². The third kappa shape index (κ3) is 1.32. The molecule has 1 aliphatic carbocycles. The van der Waals surface area contributed by atoms with Crippen molar-refractivity contribution in [2.75, 3.05) is 0 Å². The van der Waals surface area contributed by atoms with Crippen molar-refractivity contribution >= 4 is 0 Å². The topological polar surface area (TPSA) is 0 Å². The standard InChI is InChI=1S/C8H11.Ru/c1-3-8-6-4-5-7(8)2;/h6H,3-4H2,1-2H3;. The van der Waals surface area contributed by atoms with Crippen LogP contribution in [0.1, 0.15) is 26.7 Å². The second-order valence-corrected chi connectivity index (χ2v) is 3.35. The van der Waals surface area contributed by atoms with Crippen molar-refractivity contribution in [2.45, 2.75) is 26.7 Å². The molecule has 0 bridgehead atoms. The Morgan fingerprint density at radius 3 is 2.56 bits per heavy atom. The SMILES string of the molecule is CCC1=CC[C]([Ru])=C1C. The van der Waals surface area contributed by atoms with Gasteiger partial charge in [0.25, 0.3) is 0 Å². The van der Waals surface area contributed by atoms with E-state index in [0.717, 1.165) is 6.42 Å². The first-order valence-electron chi connectivity index (χ1n) is 3.29. The Morgan fingerprint density at radius 2 is 2.33 bits per heavy atom. The first-order valence-corrected chi connectivity index (χ1v) is 4.16. The van der Waals surface area contributed by atoms with Crippen LogP contribution in [0.15, 0.2) is 21.4 Å². The zero-order valence-electron chi connectivity index (χ0n) is 5.85. The number of rotatable bonds is 1. The van der Waals surface area contributed by atoms with E-state index < -0.39 is 0 Å². The normalized spacial score (nSPS) is 18.8. The van der Waals surface area contributed by atoms with Gasteiger partial charge in [0.15, 0.2) is 0 Å². The maximum atomic E-state index is 2.70. The molecule has 0 atom stereocenters. The summed E-state index contributed by atoms with van der Waals surface area (Å²) >= 11 is 2.70. The predicted octanol–water partition coefficient (Wildman–Crippen LogP) is 2.55. The van der Waals surface area contributed by atoms with Crippen molar-refractivity contribution in [1.82, 2.24) is 0 Å². The van der Waals surface area contributed by atoms with Gasteiger partial charge in [0.2, 0.25) is 0 Å². The van der Waals surface area contributed by atoms with Crippen molar-refractivity contribution in [2.24, 2.45) is 0 Å². The van der Waals surface area contributed by atoms with Gasteiger partial charge >= 0.3 is 66.4 Å². The van der Waals surface area contributed by atoms with Gasteiger partial charge in [-0.1, -0.05) is 0 Å². The Morgan fingerprint density at radius 1 is 1.67 bits per heavy atom. The molecule has 0 amide bonds. The van der Waals surface area contributed by atoms with E-state index in [4.69, 9.17) is 0 Å². The summed E-state index contributed by atoms with van der Waals surface area (Å²) in [7, 11) is 0. The molecule has 1 aliphatic rings. The molecule has 9 heavy (non-hydrogen) atoms. The summed E-state index contributed by atoms with van der Waals surface area (Å²) < 4.78 is 1.48. The Balaban J connectivity index is 2.79. The fourth-order valence-electron chi connectivity index (χ4n) is 1.10. The van der Waals surface area contributed by atoms with Gasteiger partial charge in [0, 0.05) is 0 Å². The van der Waals surface area contributed by atoms with Crippen molar-refractivity contribution < 1.29 is 18.3 Å². The van der Waals surface area contributed by atoms with Crippen LogP contribution in [0, 0.1) is 0 Å². The molecule has 0 nitrogen and oxygen atoms in total. The van der Waals surface area contributed by atoms with Crippen molar-refractivity contribution in [3.8, 4) is 0 Å². The second-order valence-electron chi connectivity index (χ2n) is 2.30. The van der Waals surface area contributed by atoms with Crippen LogP contribution >= 0.6 is 0 Å². The Labute approximate surface area is 66.7 Å². The zero-order chi connectivity index (χ0) is 6.85. The summed E-state index contributed by atoms with van der Waals surface area (Å²) in [5.74, 6) is 0. The molecule has 0 aromatic rings. The molecule has 1 rings (SSSR count). The van der Waals surface area contributed by atoms with Crippen LogP contribution < -0.4 is 0 Å². The van der Waals surface area contributed by atoms with E-state index in [1.54, 1.807) is 0 Å². The second kappa shape index (κ2) is 2.79. The molecule has 0 saturated carbocycles. The minimum absolute atomic E-state index is 1.16.